The third-order valence-electron chi connectivity index (χ3n) is 3.34. The smallest absolute Gasteiger partial charge is 0.258 e. The van der Waals surface area contributed by atoms with E-state index in [1.807, 2.05) is 0 Å². The summed E-state index contributed by atoms with van der Waals surface area (Å²) < 4.78 is 24.8. The molecule has 0 radical (unpaired) electrons. The number of halogens is 1. The molecule has 1 fully saturated rings. The van der Waals surface area contributed by atoms with Crippen LogP contribution in [0.15, 0.2) is 17.0 Å². The number of hydrazine groups is 1. The van der Waals surface area contributed by atoms with E-state index in [9.17, 15) is 18.5 Å². The molecule has 116 valence electrons. The molecule has 1 aliphatic rings. The lowest BCUT2D eigenvalue weighted by molar-refractivity contribution is -0.384. The average Bonchev–Trinajstić information content (AvgIpc) is 2.38. The summed E-state index contributed by atoms with van der Waals surface area (Å²) in [5, 5.41) is 12.4. The molecule has 0 saturated carbocycles. The second-order valence-electron chi connectivity index (χ2n) is 4.97. The lowest BCUT2D eigenvalue weighted by Gasteiger charge is -2.26. The van der Waals surface area contributed by atoms with Gasteiger partial charge in [-0.3, -0.25) is 10.1 Å². The molecule has 0 bridgehead atoms. The largest absolute Gasteiger partial charge is 0.289 e. The van der Waals surface area contributed by atoms with Crippen molar-refractivity contribution in [2.75, 3.05) is 13.1 Å². The molecule has 2 rings (SSSR count). The van der Waals surface area contributed by atoms with Gasteiger partial charge in [0.05, 0.1) is 9.82 Å². The summed E-state index contributed by atoms with van der Waals surface area (Å²) >= 11 is 5.77. The fourth-order valence-electron chi connectivity index (χ4n) is 2.28. The lowest BCUT2D eigenvalue weighted by atomic mass is 10.2. The van der Waals surface area contributed by atoms with E-state index in [-0.39, 0.29) is 9.92 Å². The van der Waals surface area contributed by atoms with Crippen LogP contribution in [-0.4, -0.2) is 31.4 Å². The van der Waals surface area contributed by atoms with E-state index >= 15 is 0 Å². The number of rotatable bonds is 4. The summed E-state index contributed by atoms with van der Waals surface area (Å²) in [5.41, 5.74) is -0.0450. The van der Waals surface area contributed by atoms with Crippen LogP contribution in [0.25, 0.3) is 0 Å². The molecule has 9 heteroatoms. The van der Waals surface area contributed by atoms with Gasteiger partial charge in [-0.05, 0) is 31.4 Å². The summed E-state index contributed by atoms with van der Waals surface area (Å²) in [6, 6.07) is 2.30. The topological polar surface area (TPSA) is 92.5 Å². The molecule has 1 aromatic carbocycles. The minimum Gasteiger partial charge on any atom is -0.258 e. The molecule has 0 aliphatic carbocycles. The van der Waals surface area contributed by atoms with Crippen LogP contribution in [-0.2, 0) is 10.0 Å². The first kappa shape index (κ1) is 16.2. The summed E-state index contributed by atoms with van der Waals surface area (Å²) in [5.74, 6) is 0. The maximum atomic E-state index is 12.4. The monoisotopic (exact) mass is 333 g/mol. The number of nitro benzene ring substituents is 1. The highest BCUT2D eigenvalue weighted by Crippen LogP contribution is 2.30. The molecular formula is C12H16ClN3O4S. The van der Waals surface area contributed by atoms with Gasteiger partial charge in [-0.1, -0.05) is 18.0 Å². The van der Waals surface area contributed by atoms with Crippen molar-refractivity contribution >= 4 is 27.3 Å². The predicted molar refractivity (Wildman–Crippen MR) is 78.6 cm³/mol. The molecule has 1 N–H and O–H groups in total. The minimum absolute atomic E-state index is 0.0746. The second-order valence-corrected chi connectivity index (χ2v) is 7.01. The number of nitrogens with zero attached hydrogens (tertiary/aromatic N) is 2. The van der Waals surface area contributed by atoms with Crippen LogP contribution >= 0.6 is 11.6 Å². The summed E-state index contributed by atoms with van der Waals surface area (Å²) in [7, 11) is -3.85. The van der Waals surface area contributed by atoms with Gasteiger partial charge in [-0.25, -0.2) is 13.4 Å². The third kappa shape index (κ3) is 3.70. The van der Waals surface area contributed by atoms with Gasteiger partial charge in [0.1, 0.15) is 5.02 Å². The van der Waals surface area contributed by atoms with Gasteiger partial charge >= 0.3 is 0 Å². The van der Waals surface area contributed by atoms with Gasteiger partial charge in [0.25, 0.3) is 15.7 Å². The molecule has 1 heterocycles. The first-order chi connectivity index (χ1) is 9.81. The zero-order chi connectivity index (χ0) is 15.6. The number of piperidine rings is 1. The molecule has 0 aromatic heterocycles. The Morgan fingerprint density at radius 1 is 1.29 bits per heavy atom. The first-order valence-electron chi connectivity index (χ1n) is 6.53. The Labute approximate surface area is 128 Å². The van der Waals surface area contributed by atoms with E-state index in [1.165, 1.54) is 6.07 Å². The number of aryl methyl sites for hydroxylation is 1. The summed E-state index contributed by atoms with van der Waals surface area (Å²) in [6.07, 6.45) is 2.91. The van der Waals surface area contributed by atoms with E-state index in [1.54, 1.807) is 11.9 Å². The highest BCUT2D eigenvalue weighted by Gasteiger charge is 2.25. The molecule has 0 unspecified atom stereocenters. The van der Waals surface area contributed by atoms with Crippen molar-refractivity contribution in [1.82, 2.24) is 9.84 Å². The zero-order valence-electron chi connectivity index (χ0n) is 11.5. The Kier molecular flexibility index (Phi) is 4.82. The Morgan fingerprint density at radius 2 is 1.90 bits per heavy atom. The van der Waals surface area contributed by atoms with Crippen LogP contribution in [0.4, 0.5) is 5.69 Å². The van der Waals surface area contributed by atoms with E-state index in [4.69, 9.17) is 11.6 Å². The third-order valence-corrected chi connectivity index (χ3v) is 5.16. The van der Waals surface area contributed by atoms with Crippen molar-refractivity contribution in [2.24, 2.45) is 0 Å². The number of hydrogen-bond donors (Lipinski definition) is 1. The SMILES string of the molecule is Cc1cc(Cl)c([N+](=O)[O-])cc1S(=O)(=O)NN1CCCCC1. The van der Waals surface area contributed by atoms with E-state index in [0.717, 1.165) is 25.3 Å². The van der Waals surface area contributed by atoms with Gasteiger partial charge in [0.2, 0.25) is 0 Å². The minimum atomic E-state index is -3.85. The zero-order valence-corrected chi connectivity index (χ0v) is 13.1. The summed E-state index contributed by atoms with van der Waals surface area (Å²) in [4.78, 5) is 12.6. The molecule has 0 spiro atoms. The van der Waals surface area contributed by atoms with Gasteiger partial charge in [0, 0.05) is 19.2 Å². The highest BCUT2D eigenvalue weighted by atomic mass is 35.5. The molecule has 1 saturated heterocycles. The molecule has 21 heavy (non-hydrogen) atoms. The fourth-order valence-corrected chi connectivity index (χ4v) is 3.93. The molecule has 1 aromatic rings. The van der Waals surface area contributed by atoms with Crippen LogP contribution in [0.1, 0.15) is 24.8 Å². The van der Waals surface area contributed by atoms with Crippen molar-refractivity contribution < 1.29 is 13.3 Å². The van der Waals surface area contributed by atoms with Gasteiger partial charge in [-0.2, -0.15) is 0 Å². The van der Waals surface area contributed by atoms with Crippen LogP contribution in [0.3, 0.4) is 0 Å². The van der Waals surface area contributed by atoms with E-state index < -0.39 is 20.6 Å². The van der Waals surface area contributed by atoms with Crippen molar-refractivity contribution in [3.05, 3.63) is 32.8 Å². The number of sulfonamides is 1. The number of hydrogen-bond acceptors (Lipinski definition) is 5. The second kappa shape index (κ2) is 6.27. The Hall–Kier alpha value is -1.22. The number of nitrogens with one attached hydrogen (secondary N) is 1. The first-order valence-corrected chi connectivity index (χ1v) is 8.39. The van der Waals surface area contributed by atoms with Crippen molar-refractivity contribution in [3.8, 4) is 0 Å². The lowest BCUT2D eigenvalue weighted by Crippen LogP contribution is -2.45. The maximum Gasteiger partial charge on any atom is 0.289 e. The van der Waals surface area contributed by atoms with Gasteiger partial charge in [-0.15, -0.1) is 4.83 Å². The van der Waals surface area contributed by atoms with E-state index in [2.05, 4.69) is 4.83 Å². The van der Waals surface area contributed by atoms with Gasteiger partial charge < -0.3 is 0 Å². The van der Waals surface area contributed by atoms with Crippen molar-refractivity contribution in [3.63, 3.8) is 0 Å². The maximum absolute atomic E-state index is 12.4. The average molecular weight is 334 g/mol. The van der Waals surface area contributed by atoms with Crippen molar-refractivity contribution in [1.29, 1.82) is 0 Å². The van der Waals surface area contributed by atoms with Crippen LogP contribution in [0.5, 0.6) is 0 Å². The molecular weight excluding hydrogens is 318 g/mol. The fraction of sp³-hybridized carbons (Fsp3) is 0.500. The molecule has 7 nitrogen and oxygen atoms in total. The molecule has 0 amide bonds. The van der Waals surface area contributed by atoms with E-state index in [0.29, 0.717) is 18.7 Å². The van der Waals surface area contributed by atoms with Crippen LogP contribution in [0.2, 0.25) is 5.02 Å². The van der Waals surface area contributed by atoms with Crippen molar-refractivity contribution in [2.45, 2.75) is 31.1 Å². The normalized spacial score (nSPS) is 16.9. The number of nitro groups is 1. The Morgan fingerprint density at radius 3 is 2.48 bits per heavy atom. The molecule has 1 aliphatic heterocycles. The summed E-state index contributed by atoms with van der Waals surface area (Å²) in [6.45, 7) is 2.82. The standard InChI is InChI=1S/C12H16ClN3O4S/c1-9-7-10(13)11(16(17)18)8-12(9)21(19,20)14-15-5-3-2-4-6-15/h7-8,14H,2-6H2,1H3. The predicted octanol–water partition coefficient (Wildman–Crippen LogP) is 2.24. The number of benzene rings is 1. The molecule has 0 atom stereocenters. The highest BCUT2D eigenvalue weighted by molar-refractivity contribution is 7.89. The Bertz CT molecular complexity index is 657. The van der Waals surface area contributed by atoms with Crippen LogP contribution < -0.4 is 4.83 Å². The van der Waals surface area contributed by atoms with Crippen LogP contribution in [0, 0.1) is 17.0 Å². The quantitative estimate of drug-likeness (QED) is 0.673. The Balaban J connectivity index is 2.34. The van der Waals surface area contributed by atoms with Gasteiger partial charge in [0.15, 0.2) is 0 Å².